The van der Waals surface area contributed by atoms with Crippen LogP contribution >= 0.6 is 0 Å². The number of H-pyrrole nitrogens is 1. The summed E-state index contributed by atoms with van der Waals surface area (Å²) < 4.78 is 6.45. The smallest absolute Gasteiger partial charge is 0.323 e. The van der Waals surface area contributed by atoms with Crippen molar-refractivity contribution in [2.24, 2.45) is 0 Å². The van der Waals surface area contributed by atoms with Crippen molar-refractivity contribution in [1.82, 2.24) is 30.2 Å². The van der Waals surface area contributed by atoms with E-state index >= 15 is 0 Å². The number of carbonyl (C=O) groups excluding carboxylic acids is 1. The maximum atomic E-state index is 12.2. The highest BCUT2D eigenvalue weighted by molar-refractivity contribution is 5.91. The van der Waals surface area contributed by atoms with E-state index in [1.165, 1.54) is 0 Å². The molecule has 0 radical (unpaired) electrons. The van der Waals surface area contributed by atoms with E-state index < -0.39 is 5.97 Å². The Balaban J connectivity index is 1.14. The normalized spacial score (nSPS) is 17.6. The fraction of sp³-hybridized carbons (Fsp3) is 0.370. The highest BCUT2D eigenvalue weighted by atomic mass is 16.5. The number of carbonyl (C=O) groups is 2. The van der Waals surface area contributed by atoms with Crippen LogP contribution in [-0.2, 0) is 4.79 Å². The number of fused-ring (bicyclic) bond motifs is 2. The third-order valence-electron chi connectivity index (χ3n) is 7.43. The number of aromatic amines is 1. The Labute approximate surface area is 224 Å². The highest BCUT2D eigenvalue weighted by Crippen LogP contribution is 2.32. The van der Waals surface area contributed by atoms with E-state index in [9.17, 15) is 9.59 Å². The van der Waals surface area contributed by atoms with Gasteiger partial charge in [-0.2, -0.15) is 0 Å². The molecule has 2 aliphatic rings. The third-order valence-corrected chi connectivity index (χ3v) is 7.43. The van der Waals surface area contributed by atoms with Crippen LogP contribution in [0.4, 0.5) is 16.3 Å². The second-order valence-corrected chi connectivity index (χ2v) is 9.79. The molecule has 3 N–H and O–H groups in total. The number of anilines is 2. The van der Waals surface area contributed by atoms with Gasteiger partial charge >= 0.3 is 12.0 Å². The number of imidazole rings is 1. The summed E-state index contributed by atoms with van der Waals surface area (Å²) in [5.41, 5.74) is 2.57. The number of rotatable bonds is 7. The van der Waals surface area contributed by atoms with Gasteiger partial charge in [0.05, 0.1) is 12.4 Å². The molecule has 6 rings (SSSR count). The summed E-state index contributed by atoms with van der Waals surface area (Å²) >= 11 is 0. The van der Waals surface area contributed by atoms with Crippen molar-refractivity contribution in [1.29, 1.82) is 0 Å². The van der Waals surface area contributed by atoms with Crippen molar-refractivity contribution >= 4 is 45.4 Å². The van der Waals surface area contributed by atoms with Crippen LogP contribution in [0.15, 0.2) is 49.1 Å². The average molecular weight is 531 g/mol. The van der Waals surface area contributed by atoms with E-state index in [2.05, 4.69) is 59.3 Å². The molecule has 2 aliphatic heterocycles. The van der Waals surface area contributed by atoms with Crippen LogP contribution < -0.4 is 19.9 Å². The molecule has 2 saturated heterocycles. The van der Waals surface area contributed by atoms with E-state index in [1.54, 1.807) is 17.6 Å². The number of piperazine rings is 1. The van der Waals surface area contributed by atoms with Crippen molar-refractivity contribution in [3.05, 3.63) is 49.1 Å². The Bertz CT molecular complexity index is 1500. The topological polar surface area (TPSA) is 140 Å². The minimum atomic E-state index is -1.05. The molecule has 0 aliphatic carbocycles. The zero-order chi connectivity index (χ0) is 26.8. The number of ether oxygens (including phenoxy) is 1. The molecule has 2 fully saturated rings. The predicted molar refractivity (Wildman–Crippen MR) is 146 cm³/mol. The number of carboxylic acids is 1. The molecule has 39 heavy (non-hydrogen) atoms. The van der Waals surface area contributed by atoms with Crippen LogP contribution in [0.2, 0.25) is 0 Å². The van der Waals surface area contributed by atoms with Gasteiger partial charge in [0.25, 0.3) is 0 Å². The van der Waals surface area contributed by atoms with Gasteiger partial charge in [-0.1, -0.05) is 18.2 Å². The number of hydrogen-bond donors (Lipinski definition) is 3. The standard InChI is InChI=1S/C27H30N8O4/c36-23(37)14-28-27(38)34-11-9-33(10-12-34)19-7-6-18-3-1-5-22(21(18)13-19)39-15-20-4-2-8-35(20)26-24-25(30-16-29-24)31-17-32-26/h1,3,5-7,13,16-17,20H,2,4,8-12,14-15H2,(H,28,38)(H,36,37)(H,29,30,31,32)/t20-/m1/s1. The minimum absolute atomic E-state index is 0.185. The highest BCUT2D eigenvalue weighted by Gasteiger charge is 2.29. The predicted octanol–water partition coefficient (Wildman–Crippen LogP) is 2.47. The van der Waals surface area contributed by atoms with Crippen LogP contribution in [0.1, 0.15) is 12.8 Å². The number of nitrogens with one attached hydrogen (secondary N) is 2. The molecule has 2 amide bonds. The Morgan fingerprint density at radius 3 is 2.79 bits per heavy atom. The van der Waals surface area contributed by atoms with Crippen molar-refractivity contribution in [2.75, 3.05) is 55.7 Å². The molecule has 0 unspecified atom stereocenters. The van der Waals surface area contributed by atoms with E-state index in [-0.39, 0.29) is 18.6 Å². The molecule has 4 aromatic rings. The molecule has 12 nitrogen and oxygen atoms in total. The van der Waals surface area contributed by atoms with Gasteiger partial charge in [-0.3, -0.25) is 4.79 Å². The lowest BCUT2D eigenvalue weighted by atomic mass is 10.1. The quantitative estimate of drug-likeness (QED) is 0.329. The minimum Gasteiger partial charge on any atom is -0.491 e. The zero-order valence-corrected chi connectivity index (χ0v) is 21.4. The molecule has 2 aromatic heterocycles. The number of hydrogen-bond acceptors (Lipinski definition) is 8. The number of nitrogens with zero attached hydrogens (tertiary/aromatic N) is 6. The first-order chi connectivity index (χ1) is 19.1. The fourth-order valence-electron chi connectivity index (χ4n) is 5.43. The first kappa shape index (κ1) is 24.7. The van der Waals surface area contributed by atoms with Crippen molar-refractivity contribution < 1.29 is 19.4 Å². The molecule has 2 aromatic carbocycles. The van der Waals surface area contributed by atoms with E-state index in [4.69, 9.17) is 9.84 Å². The lowest BCUT2D eigenvalue weighted by Crippen LogP contribution is -2.52. The second-order valence-electron chi connectivity index (χ2n) is 9.79. The Hall–Kier alpha value is -4.61. The molecule has 12 heteroatoms. The van der Waals surface area contributed by atoms with Crippen LogP contribution in [0.25, 0.3) is 21.9 Å². The first-order valence-corrected chi connectivity index (χ1v) is 13.1. The van der Waals surface area contributed by atoms with Crippen LogP contribution in [0.5, 0.6) is 5.75 Å². The SMILES string of the molecule is O=C(O)CNC(=O)N1CCN(c2ccc3cccc(OC[C@H]4CCCN4c4ncnc5nc[nH]c45)c3c2)CC1. The summed E-state index contributed by atoms with van der Waals surface area (Å²) in [7, 11) is 0. The second kappa shape index (κ2) is 10.6. The third kappa shape index (κ3) is 5.09. The van der Waals surface area contributed by atoms with Gasteiger partial charge in [0.2, 0.25) is 0 Å². The van der Waals surface area contributed by atoms with Crippen LogP contribution in [0, 0.1) is 0 Å². The number of aliphatic carboxylic acids is 1. The average Bonchev–Trinajstić information content (AvgIpc) is 3.64. The van der Waals surface area contributed by atoms with Gasteiger partial charge in [0.1, 0.15) is 30.7 Å². The van der Waals surface area contributed by atoms with Gasteiger partial charge in [-0.05, 0) is 36.4 Å². The molecule has 4 heterocycles. The zero-order valence-electron chi connectivity index (χ0n) is 21.4. The molecule has 0 bridgehead atoms. The van der Waals surface area contributed by atoms with Gasteiger partial charge in [-0.15, -0.1) is 0 Å². The summed E-state index contributed by atoms with van der Waals surface area (Å²) in [6.45, 7) is 3.42. The summed E-state index contributed by atoms with van der Waals surface area (Å²) in [5.74, 6) is 0.641. The molecule has 202 valence electrons. The summed E-state index contributed by atoms with van der Waals surface area (Å²) in [6, 6.07) is 12.3. The molecule has 1 atom stereocenters. The van der Waals surface area contributed by atoms with Crippen LogP contribution in [0.3, 0.4) is 0 Å². The molecule has 0 spiro atoms. The van der Waals surface area contributed by atoms with Gasteiger partial charge < -0.3 is 34.8 Å². The fourth-order valence-corrected chi connectivity index (χ4v) is 5.43. The summed E-state index contributed by atoms with van der Waals surface area (Å²) in [4.78, 5) is 45.3. The van der Waals surface area contributed by atoms with Gasteiger partial charge in [0, 0.05) is 43.8 Å². The number of aromatic nitrogens is 4. The monoisotopic (exact) mass is 530 g/mol. The number of carboxylic acid groups (broad SMARTS) is 1. The number of benzene rings is 2. The van der Waals surface area contributed by atoms with E-state index in [1.807, 2.05) is 12.1 Å². The largest absolute Gasteiger partial charge is 0.491 e. The first-order valence-electron chi connectivity index (χ1n) is 13.1. The van der Waals surface area contributed by atoms with Gasteiger partial charge in [-0.25, -0.2) is 19.7 Å². The summed E-state index contributed by atoms with van der Waals surface area (Å²) in [6.07, 6.45) is 5.28. The Morgan fingerprint density at radius 1 is 1.08 bits per heavy atom. The van der Waals surface area contributed by atoms with Crippen molar-refractivity contribution in [3.63, 3.8) is 0 Å². The summed E-state index contributed by atoms with van der Waals surface area (Å²) in [5, 5.41) is 13.4. The maximum absolute atomic E-state index is 12.2. The van der Waals surface area contributed by atoms with E-state index in [0.29, 0.717) is 38.4 Å². The molecular weight excluding hydrogens is 500 g/mol. The lowest BCUT2D eigenvalue weighted by Gasteiger charge is -2.36. The Kier molecular flexibility index (Phi) is 6.74. The number of amides is 2. The number of urea groups is 1. The van der Waals surface area contributed by atoms with Crippen molar-refractivity contribution in [2.45, 2.75) is 18.9 Å². The van der Waals surface area contributed by atoms with Crippen LogP contribution in [-0.4, -0.2) is 93.9 Å². The Morgan fingerprint density at radius 2 is 1.95 bits per heavy atom. The van der Waals surface area contributed by atoms with E-state index in [0.717, 1.165) is 52.9 Å². The molecule has 0 saturated carbocycles. The molecular formula is C27H30N8O4. The van der Waals surface area contributed by atoms with Crippen molar-refractivity contribution in [3.8, 4) is 5.75 Å². The maximum Gasteiger partial charge on any atom is 0.323 e. The van der Waals surface area contributed by atoms with Gasteiger partial charge in [0.15, 0.2) is 11.5 Å². The lowest BCUT2D eigenvalue weighted by molar-refractivity contribution is -0.135.